The summed E-state index contributed by atoms with van der Waals surface area (Å²) in [4.78, 5) is 13.5. The molecule has 82 valence electrons. The van der Waals surface area contributed by atoms with Gasteiger partial charge in [0, 0.05) is 25.6 Å². The third-order valence-electron chi connectivity index (χ3n) is 2.94. The number of carbonyl (C=O) groups excluding carboxylic acids is 1. The van der Waals surface area contributed by atoms with Gasteiger partial charge in [0.2, 0.25) is 5.91 Å². The number of rotatable bonds is 3. The largest absolute Gasteiger partial charge is 0.396 e. The van der Waals surface area contributed by atoms with Gasteiger partial charge in [0.25, 0.3) is 0 Å². The van der Waals surface area contributed by atoms with E-state index in [1.165, 1.54) is 0 Å². The number of hydrogen-bond donors (Lipinski definition) is 1. The van der Waals surface area contributed by atoms with Crippen LogP contribution in [0.3, 0.4) is 0 Å². The normalized spacial score (nSPS) is 29.3. The van der Waals surface area contributed by atoms with Crippen LogP contribution < -0.4 is 0 Å². The fourth-order valence-corrected chi connectivity index (χ4v) is 1.96. The standard InChI is InChI=1S/C10H18ClNO2/c1-3-9(11)10(14)12-4-7(2)8(5-12)6-13/h7-9,13H,3-6H2,1-2H3. The van der Waals surface area contributed by atoms with Crippen LogP contribution in [0.4, 0.5) is 0 Å². The number of amides is 1. The Morgan fingerprint density at radius 1 is 1.64 bits per heavy atom. The molecular formula is C10H18ClNO2. The van der Waals surface area contributed by atoms with E-state index in [1.54, 1.807) is 4.90 Å². The molecule has 0 aromatic heterocycles. The lowest BCUT2D eigenvalue weighted by Crippen LogP contribution is -2.35. The zero-order valence-corrected chi connectivity index (χ0v) is 9.50. The molecule has 4 heteroatoms. The molecule has 3 atom stereocenters. The molecule has 1 heterocycles. The van der Waals surface area contributed by atoms with Crippen LogP contribution in [0.5, 0.6) is 0 Å². The Morgan fingerprint density at radius 2 is 2.29 bits per heavy atom. The second kappa shape index (κ2) is 4.99. The van der Waals surface area contributed by atoms with Gasteiger partial charge in [-0.2, -0.15) is 0 Å². The first-order valence-corrected chi connectivity index (χ1v) is 5.57. The maximum atomic E-state index is 11.7. The molecule has 0 aromatic carbocycles. The zero-order valence-electron chi connectivity index (χ0n) is 8.74. The molecule has 0 aromatic rings. The van der Waals surface area contributed by atoms with Crippen LogP contribution >= 0.6 is 11.6 Å². The molecule has 14 heavy (non-hydrogen) atoms. The molecule has 1 rings (SSSR count). The van der Waals surface area contributed by atoms with Crippen molar-refractivity contribution in [1.29, 1.82) is 0 Å². The Hall–Kier alpha value is -0.280. The monoisotopic (exact) mass is 219 g/mol. The molecule has 1 amide bonds. The molecule has 0 saturated carbocycles. The minimum absolute atomic E-state index is 0.0111. The van der Waals surface area contributed by atoms with Crippen LogP contribution in [0.1, 0.15) is 20.3 Å². The lowest BCUT2D eigenvalue weighted by atomic mass is 10.00. The number of nitrogens with zero attached hydrogens (tertiary/aromatic N) is 1. The maximum Gasteiger partial charge on any atom is 0.240 e. The van der Waals surface area contributed by atoms with Gasteiger partial charge in [-0.1, -0.05) is 13.8 Å². The Labute approximate surface area is 90.0 Å². The van der Waals surface area contributed by atoms with Crippen LogP contribution in [-0.2, 0) is 4.79 Å². The average molecular weight is 220 g/mol. The van der Waals surface area contributed by atoms with Gasteiger partial charge in [-0.3, -0.25) is 4.79 Å². The van der Waals surface area contributed by atoms with E-state index in [1.807, 2.05) is 6.92 Å². The number of likely N-dealkylation sites (tertiary alicyclic amines) is 1. The van der Waals surface area contributed by atoms with Gasteiger partial charge in [0.05, 0.1) is 0 Å². The number of alkyl halides is 1. The molecule has 3 unspecified atom stereocenters. The average Bonchev–Trinajstić information content (AvgIpc) is 2.57. The smallest absolute Gasteiger partial charge is 0.240 e. The summed E-state index contributed by atoms with van der Waals surface area (Å²) in [6, 6.07) is 0. The van der Waals surface area contributed by atoms with Crippen LogP contribution in [0.15, 0.2) is 0 Å². The van der Waals surface area contributed by atoms with Crippen molar-refractivity contribution in [3.63, 3.8) is 0 Å². The minimum Gasteiger partial charge on any atom is -0.396 e. The fourth-order valence-electron chi connectivity index (χ4n) is 1.82. The summed E-state index contributed by atoms with van der Waals surface area (Å²) in [5, 5.41) is 8.66. The van der Waals surface area contributed by atoms with Crippen molar-refractivity contribution in [3.05, 3.63) is 0 Å². The third kappa shape index (κ3) is 2.39. The fraction of sp³-hybridized carbons (Fsp3) is 0.900. The van der Waals surface area contributed by atoms with Crippen molar-refractivity contribution in [3.8, 4) is 0 Å². The van der Waals surface area contributed by atoms with Crippen LogP contribution in [0, 0.1) is 11.8 Å². The highest BCUT2D eigenvalue weighted by molar-refractivity contribution is 6.30. The predicted molar refractivity (Wildman–Crippen MR) is 56.3 cm³/mol. The van der Waals surface area contributed by atoms with E-state index in [-0.39, 0.29) is 18.4 Å². The summed E-state index contributed by atoms with van der Waals surface area (Å²) in [5.74, 6) is 0.612. The van der Waals surface area contributed by atoms with Crippen LogP contribution in [-0.4, -0.2) is 41.0 Å². The Kier molecular flexibility index (Phi) is 4.20. The predicted octanol–water partition coefficient (Wildman–Crippen LogP) is 1.09. The number of carbonyl (C=O) groups is 1. The molecule has 1 N–H and O–H groups in total. The van der Waals surface area contributed by atoms with E-state index in [9.17, 15) is 4.79 Å². The molecule has 0 bridgehead atoms. The van der Waals surface area contributed by atoms with Gasteiger partial charge in [-0.15, -0.1) is 11.6 Å². The molecule has 0 spiro atoms. The van der Waals surface area contributed by atoms with E-state index in [4.69, 9.17) is 16.7 Å². The van der Waals surface area contributed by atoms with Gasteiger partial charge in [0.1, 0.15) is 5.38 Å². The van der Waals surface area contributed by atoms with Gasteiger partial charge < -0.3 is 10.0 Å². The molecule has 1 fully saturated rings. The summed E-state index contributed by atoms with van der Waals surface area (Å²) in [6.07, 6.45) is 0.662. The first-order valence-electron chi connectivity index (χ1n) is 5.13. The molecule has 1 aliphatic heterocycles. The van der Waals surface area contributed by atoms with Gasteiger partial charge in [-0.25, -0.2) is 0 Å². The highest BCUT2D eigenvalue weighted by Gasteiger charge is 2.33. The van der Waals surface area contributed by atoms with Crippen LogP contribution in [0.25, 0.3) is 0 Å². The summed E-state index contributed by atoms with van der Waals surface area (Å²) in [5.41, 5.74) is 0. The molecule has 0 radical (unpaired) electrons. The van der Waals surface area contributed by atoms with Crippen molar-refractivity contribution in [2.24, 2.45) is 11.8 Å². The van der Waals surface area contributed by atoms with E-state index in [2.05, 4.69) is 6.92 Å². The summed E-state index contributed by atoms with van der Waals surface area (Å²) < 4.78 is 0. The Balaban J connectivity index is 2.52. The minimum atomic E-state index is -0.403. The molecular weight excluding hydrogens is 202 g/mol. The topological polar surface area (TPSA) is 40.5 Å². The van der Waals surface area contributed by atoms with Crippen molar-refractivity contribution in [2.75, 3.05) is 19.7 Å². The van der Waals surface area contributed by atoms with Gasteiger partial charge in [-0.05, 0) is 12.3 Å². The zero-order chi connectivity index (χ0) is 10.7. The van der Waals surface area contributed by atoms with E-state index < -0.39 is 5.38 Å². The van der Waals surface area contributed by atoms with E-state index in [0.717, 1.165) is 6.54 Å². The molecule has 0 aliphatic carbocycles. The molecule has 1 saturated heterocycles. The molecule has 1 aliphatic rings. The lowest BCUT2D eigenvalue weighted by Gasteiger charge is -2.18. The van der Waals surface area contributed by atoms with E-state index >= 15 is 0 Å². The number of aliphatic hydroxyl groups is 1. The molecule has 3 nitrogen and oxygen atoms in total. The lowest BCUT2D eigenvalue weighted by molar-refractivity contribution is -0.130. The first-order chi connectivity index (χ1) is 6.60. The van der Waals surface area contributed by atoms with E-state index in [0.29, 0.717) is 18.9 Å². The first kappa shape index (κ1) is 11.8. The summed E-state index contributed by atoms with van der Waals surface area (Å²) in [7, 11) is 0. The Bertz CT molecular complexity index is 210. The second-order valence-corrected chi connectivity index (χ2v) is 4.57. The number of hydrogen-bond acceptors (Lipinski definition) is 2. The van der Waals surface area contributed by atoms with Crippen molar-refractivity contribution >= 4 is 17.5 Å². The van der Waals surface area contributed by atoms with Crippen molar-refractivity contribution in [2.45, 2.75) is 25.6 Å². The maximum absolute atomic E-state index is 11.7. The second-order valence-electron chi connectivity index (χ2n) is 4.04. The van der Waals surface area contributed by atoms with Crippen LogP contribution in [0.2, 0.25) is 0 Å². The third-order valence-corrected chi connectivity index (χ3v) is 3.44. The van der Waals surface area contributed by atoms with Crippen molar-refractivity contribution in [1.82, 2.24) is 4.90 Å². The highest BCUT2D eigenvalue weighted by atomic mass is 35.5. The number of halogens is 1. The quantitative estimate of drug-likeness (QED) is 0.722. The van der Waals surface area contributed by atoms with Gasteiger partial charge in [0.15, 0.2) is 0 Å². The Morgan fingerprint density at radius 3 is 2.71 bits per heavy atom. The SMILES string of the molecule is CCC(Cl)C(=O)N1CC(C)C(CO)C1. The number of aliphatic hydroxyl groups excluding tert-OH is 1. The summed E-state index contributed by atoms with van der Waals surface area (Å²) in [6.45, 7) is 5.50. The van der Waals surface area contributed by atoms with Gasteiger partial charge >= 0.3 is 0 Å². The highest BCUT2D eigenvalue weighted by Crippen LogP contribution is 2.24. The van der Waals surface area contributed by atoms with Crippen molar-refractivity contribution < 1.29 is 9.90 Å². The summed E-state index contributed by atoms with van der Waals surface area (Å²) >= 11 is 5.88.